The lowest BCUT2D eigenvalue weighted by Gasteiger charge is -2.12. The van der Waals surface area contributed by atoms with Gasteiger partial charge >= 0.3 is 0 Å². The number of carbonyl (C=O) groups excluding carboxylic acids is 1. The molecule has 0 unspecified atom stereocenters. The van der Waals surface area contributed by atoms with Crippen LogP contribution in [0.2, 0.25) is 0 Å². The molecule has 16 heavy (non-hydrogen) atoms. The number of amides is 1. The van der Waals surface area contributed by atoms with E-state index in [9.17, 15) is 4.79 Å². The summed E-state index contributed by atoms with van der Waals surface area (Å²) in [4.78, 5) is 15.6. The Morgan fingerprint density at radius 2 is 2.44 bits per heavy atom. The maximum Gasteiger partial charge on any atom is 0.251 e. The second kappa shape index (κ2) is 4.33. The molecule has 1 fully saturated rings. The highest BCUT2D eigenvalue weighted by molar-refractivity contribution is 8.00. The Balaban J connectivity index is 1.93. The lowest BCUT2D eigenvalue weighted by molar-refractivity contribution is 0.0953. The summed E-state index contributed by atoms with van der Waals surface area (Å²) in [7, 11) is 0. The Bertz CT molecular complexity index is 404. The molecule has 86 valence electrons. The lowest BCUT2D eigenvalue weighted by atomic mass is 10.2. The van der Waals surface area contributed by atoms with E-state index in [-0.39, 0.29) is 10.7 Å². The van der Waals surface area contributed by atoms with Crippen molar-refractivity contribution in [1.29, 1.82) is 0 Å². The highest BCUT2D eigenvalue weighted by Gasteiger charge is 2.41. The lowest BCUT2D eigenvalue weighted by Crippen LogP contribution is -2.31. The number of nitrogens with one attached hydrogen (secondary N) is 1. The summed E-state index contributed by atoms with van der Waals surface area (Å²) in [6, 6.07) is 3.26. The van der Waals surface area contributed by atoms with Crippen LogP contribution in [0.25, 0.3) is 0 Å². The molecule has 0 saturated heterocycles. The standard InChI is InChI=1S/C11H15N3OS/c1-16-11(3-4-11)7-14-10(15)8-2-5-13-9(12)6-8/h2,5-6H,3-4,7H2,1H3,(H2,12,13)(H,14,15). The highest BCUT2D eigenvalue weighted by Crippen LogP contribution is 2.46. The van der Waals surface area contributed by atoms with E-state index in [0.717, 1.165) is 6.54 Å². The van der Waals surface area contributed by atoms with Gasteiger partial charge in [0, 0.05) is 23.1 Å². The van der Waals surface area contributed by atoms with E-state index < -0.39 is 0 Å². The molecule has 1 aliphatic carbocycles. The summed E-state index contributed by atoms with van der Waals surface area (Å²) < 4.78 is 0.286. The number of rotatable bonds is 4. The number of pyridine rings is 1. The molecule has 0 aliphatic heterocycles. The van der Waals surface area contributed by atoms with Gasteiger partial charge in [-0.3, -0.25) is 4.79 Å². The van der Waals surface area contributed by atoms with Crippen LogP contribution in [0, 0.1) is 0 Å². The Hall–Kier alpha value is -1.23. The molecular weight excluding hydrogens is 222 g/mol. The molecule has 5 heteroatoms. The predicted molar refractivity (Wildman–Crippen MR) is 66.5 cm³/mol. The van der Waals surface area contributed by atoms with Crippen LogP contribution in [0.5, 0.6) is 0 Å². The first-order chi connectivity index (χ1) is 7.65. The van der Waals surface area contributed by atoms with Gasteiger partial charge in [-0.2, -0.15) is 11.8 Å². The van der Waals surface area contributed by atoms with Gasteiger partial charge in [-0.1, -0.05) is 0 Å². The fourth-order valence-corrected chi connectivity index (χ4v) is 2.25. The van der Waals surface area contributed by atoms with Crippen molar-refractivity contribution in [3.63, 3.8) is 0 Å². The van der Waals surface area contributed by atoms with Gasteiger partial charge in [0.05, 0.1) is 0 Å². The van der Waals surface area contributed by atoms with Gasteiger partial charge in [-0.05, 0) is 31.2 Å². The monoisotopic (exact) mass is 237 g/mol. The van der Waals surface area contributed by atoms with E-state index in [4.69, 9.17) is 5.73 Å². The van der Waals surface area contributed by atoms with Crippen molar-refractivity contribution in [2.75, 3.05) is 18.5 Å². The first-order valence-corrected chi connectivity index (χ1v) is 6.43. The van der Waals surface area contributed by atoms with Crippen molar-refractivity contribution in [2.24, 2.45) is 0 Å². The van der Waals surface area contributed by atoms with Crippen molar-refractivity contribution in [3.05, 3.63) is 23.9 Å². The van der Waals surface area contributed by atoms with Crippen molar-refractivity contribution < 1.29 is 4.79 Å². The molecule has 2 rings (SSSR count). The smallest absolute Gasteiger partial charge is 0.251 e. The Kier molecular flexibility index (Phi) is 3.05. The van der Waals surface area contributed by atoms with E-state index in [1.807, 2.05) is 11.8 Å². The zero-order chi connectivity index (χ0) is 11.6. The van der Waals surface area contributed by atoms with Gasteiger partial charge in [0.1, 0.15) is 5.82 Å². The molecule has 4 nitrogen and oxygen atoms in total. The molecule has 1 amide bonds. The first-order valence-electron chi connectivity index (χ1n) is 5.20. The molecule has 0 bridgehead atoms. The average Bonchev–Trinajstić information content (AvgIpc) is 3.07. The minimum Gasteiger partial charge on any atom is -0.384 e. The third-order valence-corrected chi connectivity index (χ3v) is 4.27. The maximum absolute atomic E-state index is 11.8. The summed E-state index contributed by atoms with van der Waals surface area (Å²) in [6.07, 6.45) is 6.01. The number of hydrogen-bond donors (Lipinski definition) is 2. The fraction of sp³-hybridized carbons (Fsp3) is 0.455. The zero-order valence-corrected chi connectivity index (χ0v) is 10.0. The SMILES string of the molecule is CSC1(CNC(=O)c2ccnc(N)c2)CC1. The molecular formula is C11H15N3OS. The fourth-order valence-electron chi connectivity index (χ4n) is 1.53. The van der Waals surface area contributed by atoms with Gasteiger partial charge in [-0.15, -0.1) is 0 Å². The van der Waals surface area contributed by atoms with Gasteiger partial charge < -0.3 is 11.1 Å². The van der Waals surface area contributed by atoms with Gasteiger partial charge in [0.2, 0.25) is 0 Å². The van der Waals surface area contributed by atoms with Gasteiger partial charge in [0.15, 0.2) is 0 Å². The number of hydrogen-bond acceptors (Lipinski definition) is 4. The second-order valence-electron chi connectivity index (χ2n) is 4.04. The molecule has 1 aliphatic rings. The van der Waals surface area contributed by atoms with Crippen LogP contribution in [0.4, 0.5) is 5.82 Å². The number of aromatic nitrogens is 1. The van der Waals surface area contributed by atoms with Crippen molar-refractivity contribution in [2.45, 2.75) is 17.6 Å². The summed E-state index contributed by atoms with van der Waals surface area (Å²) in [6.45, 7) is 0.731. The zero-order valence-electron chi connectivity index (χ0n) is 9.19. The Morgan fingerprint density at radius 3 is 3.00 bits per heavy atom. The van der Waals surface area contributed by atoms with E-state index in [0.29, 0.717) is 11.4 Å². The molecule has 0 atom stereocenters. The Labute approximate surface area is 99.0 Å². The summed E-state index contributed by atoms with van der Waals surface area (Å²) >= 11 is 1.83. The molecule has 1 heterocycles. The molecule has 0 radical (unpaired) electrons. The van der Waals surface area contributed by atoms with Crippen LogP contribution in [-0.2, 0) is 0 Å². The second-order valence-corrected chi connectivity index (χ2v) is 5.31. The molecule has 0 spiro atoms. The van der Waals surface area contributed by atoms with Crippen LogP contribution in [-0.4, -0.2) is 28.4 Å². The molecule has 1 aromatic heterocycles. The number of carbonyl (C=O) groups is 1. The van der Waals surface area contributed by atoms with Crippen molar-refractivity contribution >= 4 is 23.5 Å². The minimum absolute atomic E-state index is 0.0746. The molecule has 3 N–H and O–H groups in total. The van der Waals surface area contributed by atoms with Crippen LogP contribution in [0.3, 0.4) is 0 Å². The third kappa shape index (κ3) is 2.47. The number of nitrogens with two attached hydrogens (primary N) is 1. The van der Waals surface area contributed by atoms with E-state index in [1.54, 1.807) is 18.3 Å². The van der Waals surface area contributed by atoms with Crippen LogP contribution < -0.4 is 11.1 Å². The summed E-state index contributed by atoms with van der Waals surface area (Å²) in [5, 5.41) is 2.94. The van der Waals surface area contributed by atoms with Crippen molar-refractivity contribution in [3.8, 4) is 0 Å². The normalized spacial score (nSPS) is 16.8. The first kappa shape index (κ1) is 11.3. The number of nitrogen functional groups attached to an aromatic ring is 1. The molecule has 1 saturated carbocycles. The number of anilines is 1. The maximum atomic E-state index is 11.8. The highest BCUT2D eigenvalue weighted by atomic mass is 32.2. The average molecular weight is 237 g/mol. The van der Waals surface area contributed by atoms with Crippen LogP contribution in [0.1, 0.15) is 23.2 Å². The van der Waals surface area contributed by atoms with E-state index in [1.165, 1.54) is 12.8 Å². The van der Waals surface area contributed by atoms with Gasteiger partial charge in [-0.25, -0.2) is 4.98 Å². The van der Waals surface area contributed by atoms with Crippen molar-refractivity contribution in [1.82, 2.24) is 10.3 Å². The predicted octanol–water partition coefficient (Wildman–Crippen LogP) is 1.29. The molecule has 1 aromatic rings. The van der Waals surface area contributed by atoms with Gasteiger partial charge in [0.25, 0.3) is 5.91 Å². The Morgan fingerprint density at radius 1 is 1.69 bits per heavy atom. The minimum atomic E-state index is -0.0746. The van der Waals surface area contributed by atoms with Crippen LogP contribution >= 0.6 is 11.8 Å². The van der Waals surface area contributed by atoms with E-state index in [2.05, 4.69) is 16.6 Å². The quantitative estimate of drug-likeness (QED) is 0.828. The third-order valence-electron chi connectivity index (χ3n) is 2.86. The molecule has 0 aromatic carbocycles. The van der Waals surface area contributed by atoms with Crippen LogP contribution in [0.15, 0.2) is 18.3 Å². The van der Waals surface area contributed by atoms with E-state index >= 15 is 0 Å². The number of nitrogens with zero attached hydrogens (tertiary/aromatic N) is 1. The number of thioether (sulfide) groups is 1. The topological polar surface area (TPSA) is 68.0 Å². The largest absolute Gasteiger partial charge is 0.384 e. The summed E-state index contributed by atoms with van der Waals surface area (Å²) in [5.41, 5.74) is 6.10. The summed E-state index contributed by atoms with van der Waals surface area (Å²) in [5.74, 6) is 0.299.